The van der Waals surface area contributed by atoms with E-state index in [1.165, 1.54) is 16.5 Å². The molecule has 0 radical (unpaired) electrons. The number of aryl methyl sites for hydroxylation is 1. The summed E-state index contributed by atoms with van der Waals surface area (Å²) in [6, 6.07) is 8.39. The Morgan fingerprint density at radius 2 is 1.92 bits per heavy atom. The Kier molecular flexibility index (Phi) is 6.03. The van der Waals surface area contributed by atoms with Gasteiger partial charge in [-0.3, -0.25) is 4.99 Å². The van der Waals surface area contributed by atoms with Gasteiger partial charge in [0.2, 0.25) is 0 Å². The molecule has 132 valence electrons. The van der Waals surface area contributed by atoms with Gasteiger partial charge in [0.05, 0.1) is 0 Å². The first kappa shape index (κ1) is 17.0. The standard InChI is InChI=1S/C18H25N7/c1-19-18(20-9-4-5-11-25-13-23-24-14-25)21-10-8-15-12-22-17-7-3-2-6-16(15)17/h2-3,6-7,12-14,22H,4-5,8-11H2,1H3,(H2,19,20,21). The maximum atomic E-state index is 4.28. The Balaban J connectivity index is 1.35. The van der Waals surface area contributed by atoms with E-state index in [0.717, 1.165) is 44.9 Å². The summed E-state index contributed by atoms with van der Waals surface area (Å²) < 4.78 is 1.99. The van der Waals surface area contributed by atoms with Crippen molar-refractivity contribution < 1.29 is 0 Å². The molecule has 0 saturated carbocycles. The molecule has 1 aromatic carbocycles. The van der Waals surface area contributed by atoms with E-state index in [4.69, 9.17) is 0 Å². The van der Waals surface area contributed by atoms with Crippen molar-refractivity contribution in [2.75, 3.05) is 20.1 Å². The molecule has 0 atom stereocenters. The Bertz CT molecular complexity index is 789. The molecule has 7 heteroatoms. The van der Waals surface area contributed by atoms with Gasteiger partial charge in [-0.25, -0.2) is 0 Å². The van der Waals surface area contributed by atoms with Crippen molar-refractivity contribution in [3.63, 3.8) is 0 Å². The van der Waals surface area contributed by atoms with E-state index in [1.807, 2.05) is 4.57 Å². The number of nitrogens with one attached hydrogen (secondary N) is 3. The van der Waals surface area contributed by atoms with Gasteiger partial charge in [0.25, 0.3) is 0 Å². The van der Waals surface area contributed by atoms with Crippen LogP contribution in [0.15, 0.2) is 48.1 Å². The summed E-state index contributed by atoms with van der Waals surface area (Å²) in [6.07, 6.45) is 8.70. The monoisotopic (exact) mass is 339 g/mol. The van der Waals surface area contributed by atoms with Crippen molar-refractivity contribution in [2.45, 2.75) is 25.8 Å². The van der Waals surface area contributed by atoms with Crippen LogP contribution < -0.4 is 10.6 Å². The van der Waals surface area contributed by atoms with Gasteiger partial charge in [-0.2, -0.15) is 0 Å². The van der Waals surface area contributed by atoms with Crippen molar-refractivity contribution in [3.05, 3.63) is 48.7 Å². The van der Waals surface area contributed by atoms with E-state index in [-0.39, 0.29) is 0 Å². The average Bonchev–Trinajstić information content (AvgIpc) is 3.30. The van der Waals surface area contributed by atoms with Crippen LogP contribution in [0.1, 0.15) is 18.4 Å². The highest BCUT2D eigenvalue weighted by Crippen LogP contribution is 2.17. The van der Waals surface area contributed by atoms with Crippen LogP contribution in [0.2, 0.25) is 0 Å². The first-order valence-corrected chi connectivity index (χ1v) is 8.69. The van der Waals surface area contributed by atoms with Gasteiger partial charge in [0.15, 0.2) is 5.96 Å². The summed E-state index contributed by atoms with van der Waals surface area (Å²) >= 11 is 0. The van der Waals surface area contributed by atoms with Crippen LogP contribution in [-0.4, -0.2) is 45.8 Å². The molecule has 0 spiro atoms. The van der Waals surface area contributed by atoms with Crippen LogP contribution >= 0.6 is 0 Å². The van der Waals surface area contributed by atoms with Crippen LogP contribution in [-0.2, 0) is 13.0 Å². The molecule has 25 heavy (non-hydrogen) atoms. The molecule has 0 aliphatic heterocycles. The van der Waals surface area contributed by atoms with Crippen molar-refractivity contribution in [1.82, 2.24) is 30.4 Å². The van der Waals surface area contributed by atoms with Gasteiger partial charge in [0, 0.05) is 43.8 Å². The second-order valence-corrected chi connectivity index (χ2v) is 5.94. The Labute approximate surface area is 147 Å². The number of rotatable bonds is 8. The van der Waals surface area contributed by atoms with Crippen LogP contribution in [0.5, 0.6) is 0 Å². The predicted molar refractivity (Wildman–Crippen MR) is 101 cm³/mol. The molecule has 2 aromatic heterocycles. The molecular weight excluding hydrogens is 314 g/mol. The Hall–Kier alpha value is -2.83. The lowest BCUT2D eigenvalue weighted by Gasteiger charge is -2.11. The SMILES string of the molecule is CN=C(NCCCCn1cnnc1)NCCc1c[nH]c2ccccc12. The number of para-hydroxylation sites is 1. The van der Waals surface area contributed by atoms with Crippen molar-refractivity contribution in [3.8, 4) is 0 Å². The fraction of sp³-hybridized carbons (Fsp3) is 0.389. The number of H-pyrrole nitrogens is 1. The number of hydrogen-bond donors (Lipinski definition) is 3. The molecule has 0 bridgehead atoms. The number of fused-ring (bicyclic) bond motifs is 1. The molecule has 0 unspecified atom stereocenters. The number of hydrogen-bond acceptors (Lipinski definition) is 3. The molecule has 2 heterocycles. The van der Waals surface area contributed by atoms with Gasteiger partial charge >= 0.3 is 0 Å². The van der Waals surface area contributed by atoms with Crippen LogP contribution in [0.4, 0.5) is 0 Å². The van der Waals surface area contributed by atoms with E-state index in [0.29, 0.717) is 0 Å². The minimum atomic E-state index is 0.849. The van der Waals surface area contributed by atoms with Crippen LogP contribution in [0.3, 0.4) is 0 Å². The van der Waals surface area contributed by atoms with E-state index in [1.54, 1.807) is 19.7 Å². The number of benzene rings is 1. The summed E-state index contributed by atoms with van der Waals surface area (Å²) in [5, 5.41) is 15.6. The first-order chi connectivity index (χ1) is 12.4. The second kappa shape index (κ2) is 8.86. The zero-order valence-electron chi connectivity index (χ0n) is 14.6. The number of nitrogens with zero attached hydrogens (tertiary/aromatic N) is 4. The zero-order valence-corrected chi connectivity index (χ0v) is 14.6. The van der Waals surface area contributed by atoms with Crippen molar-refractivity contribution >= 4 is 16.9 Å². The molecule has 7 nitrogen and oxygen atoms in total. The highest BCUT2D eigenvalue weighted by atomic mass is 15.2. The molecule has 3 N–H and O–H groups in total. The van der Waals surface area contributed by atoms with Gasteiger partial charge in [0.1, 0.15) is 12.7 Å². The predicted octanol–water partition coefficient (Wildman–Crippen LogP) is 1.95. The number of aliphatic imine (C=N–C) groups is 1. The summed E-state index contributed by atoms with van der Waals surface area (Å²) in [5.41, 5.74) is 2.51. The fourth-order valence-corrected chi connectivity index (χ4v) is 2.84. The third-order valence-electron chi connectivity index (χ3n) is 4.19. The summed E-state index contributed by atoms with van der Waals surface area (Å²) in [4.78, 5) is 7.59. The lowest BCUT2D eigenvalue weighted by molar-refractivity contribution is 0.597. The normalized spacial score (nSPS) is 11.8. The molecule has 0 amide bonds. The molecular formula is C18H25N7. The first-order valence-electron chi connectivity index (χ1n) is 8.69. The second-order valence-electron chi connectivity index (χ2n) is 5.94. The minimum Gasteiger partial charge on any atom is -0.361 e. The lowest BCUT2D eigenvalue weighted by Crippen LogP contribution is -2.38. The van der Waals surface area contributed by atoms with Crippen LogP contribution in [0.25, 0.3) is 10.9 Å². The smallest absolute Gasteiger partial charge is 0.190 e. The summed E-state index contributed by atoms with van der Waals surface area (Å²) in [7, 11) is 1.80. The Morgan fingerprint density at radius 1 is 1.12 bits per heavy atom. The third kappa shape index (κ3) is 4.82. The molecule has 0 aliphatic rings. The van der Waals surface area contributed by atoms with E-state index in [2.05, 4.69) is 61.3 Å². The highest BCUT2D eigenvalue weighted by Gasteiger charge is 2.03. The number of unbranched alkanes of at least 4 members (excludes halogenated alkanes) is 1. The molecule has 0 saturated heterocycles. The Morgan fingerprint density at radius 3 is 2.76 bits per heavy atom. The summed E-state index contributed by atoms with van der Waals surface area (Å²) in [5.74, 6) is 0.851. The number of aromatic nitrogens is 4. The summed E-state index contributed by atoms with van der Waals surface area (Å²) in [6.45, 7) is 2.69. The molecule has 3 aromatic rings. The highest BCUT2D eigenvalue weighted by molar-refractivity contribution is 5.83. The topological polar surface area (TPSA) is 82.9 Å². The molecule has 0 fully saturated rings. The van der Waals surface area contributed by atoms with E-state index < -0.39 is 0 Å². The van der Waals surface area contributed by atoms with Gasteiger partial charge in [-0.05, 0) is 30.9 Å². The maximum absolute atomic E-state index is 4.28. The number of guanidine groups is 1. The zero-order chi connectivity index (χ0) is 17.3. The third-order valence-corrected chi connectivity index (χ3v) is 4.19. The van der Waals surface area contributed by atoms with E-state index in [9.17, 15) is 0 Å². The van der Waals surface area contributed by atoms with Gasteiger partial charge in [-0.15, -0.1) is 10.2 Å². The lowest BCUT2D eigenvalue weighted by atomic mass is 10.1. The minimum absolute atomic E-state index is 0.849. The van der Waals surface area contributed by atoms with Crippen molar-refractivity contribution in [1.29, 1.82) is 0 Å². The fourth-order valence-electron chi connectivity index (χ4n) is 2.84. The molecule has 0 aliphatic carbocycles. The largest absolute Gasteiger partial charge is 0.361 e. The van der Waals surface area contributed by atoms with Gasteiger partial charge < -0.3 is 20.2 Å². The number of aromatic amines is 1. The van der Waals surface area contributed by atoms with Crippen LogP contribution in [0, 0.1) is 0 Å². The quantitative estimate of drug-likeness (QED) is 0.333. The van der Waals surface area contributed by atoms with Crippen molar-refractivity contribution in [2.24, 2.45) is 4.99 Å². The molecule has 3 rings (SSSR count). The van der Waals surface area contributed by atoms with E-state index >= 15 is 0 Å². The van der Waals surface area contributed by atoms with Gasteiger partial charge in [-0.1, -0.05) is 18.2 Å². The average molecular weight is 339 g/mol. The maximum Gasteiger partial charge on any atom is 0.190 e.